The first-order chi connectivity index (χ1) is 9.67. The Morgan fingerprint density at radius 1 is 1.14 bits per heavy atom. The Hall–Kier alpha value is -1.62. The van der Waals surface area contributed by atoms with Crippen molar-refractivity contribution in [3.63, 3.8) is 0 Å². The molecule has 0 spiro atoms. The average molecular weight is 319 g/mol. The SMILES string of the molecule is O=C(O)C1CC(COC(F)F)(COC(F)F)CN1C(=O)O. The van der Waals surface area contributed by atoms with Gasteiger partial charge >= 0.3 is 25.3 Å². The molecule has 0 aromatic carbocycles. The summed E-state index contributed by atoms with van der Waals surface area (Å²) in [5, 5.41) is 17.8. The molecular formula is C10H13F4NO6. The Labute approximate surface area is 116 Å². The van der Waals surface area contributed by atoms with Crippen LogP contribution >= 0.6 is 0 Å². The van der Waals surface area contributed by atoms with Crippen molar-refractivity contribution in [2.75, 3.05) is 19.8 Å². The standard InChI is InChI=1S/C10H13F4NO6/c11-7(12)20-3-10(4-21-8(13)14)1-5(6(16)17)15(2-10)9(18)19/h5,7-8H,1-4H2,(H,16,17)(H,18,19). The van der Waals surface area contributed by atoms with Crippen LogP contribution in [0.25, 0.3) is 0 Å². The summed E-state index contributed by atoms with van der Waals surface area (Å²) in [6.45, 7) is -8.56. The van der Waals surface area contributed by atoms with Crippen molar-refractivity contribution in [1.29, 1.82) is 0 Å². The first-order valence-electron chi connectivity index (χ1n) is 5.69. The molecule has 2 N–H and O–H groups in total. The van der Waals surface area contributed by atoms with E-state index in [1.165, 1.54) is 0 Å². The summed E-state index contributed by atoms with van der Waals surface area (Å²) in [5.74, 6) is -1.51. The molecule has 0 saturated carbocycles. The molecule has 1 aliphatic rings. The maximum absolute atomic E-state index is 12.1. The second-order valence-electron chi connectivity index (χ2n) is 4.61. The Morgan fingerprint density at radius 2 is 1.62 bits per heavy atom. The quantitative estimate of drug-likeness (QED) is 0.686. The van der Waals surface area contributed by atoms with Gasteiger partial charge in [0.05, 0.1) is 13.2 Å². The summed E-state index contributed by atoms with van der Waals surface area (Å²) in [5.41, 5.74) is -1.58. The number of hydrogen-bond acceptors (Lipinski definition) is 4. The third-order valence-electron chi connectivity index (χ3n) is 3.07. The van der Waals surface area contributed by atoms with Crippen LogP contribution in [0.4, 0.5) is 22.4 Å². The van der Waals surface area contributed by atoms with E-state index in [1.807, 2.05) is 0 Å². The first kappa shape index (κ1) is 17.4. The molecular weight excluding hydrogens is 306 g/mol. The van der Waals surface area contributed by atoms with Crippen molar-refractivity contribution in [2.24, 2.45) is 5.41 Å². The van der Waals surface area contributed by atoms with E-state index in [-0.39, 0.29) is 0 Å². The largest absolute Gasteiger partial charge is 0.480 e. The van der Waals surface area contributed by atoms with Gasteiger partial charge < -0.3 is 19.7 Å². The summed E-state index contributed by atoms with van der Waals surface area (Å²) >= 11 is 0. The molecule has 1 aliphatic heterocycles. The van der Waals surface area contributed by atoms with Gasteiger partial charge in [0.25, 0.3) is 0 Å². The molecule has 1 rings (SSSR count). The van der Waals surface area contributed by atoms with Crippen LogP contribution in [0.5, 0.6) is 0 Å². The number of rotatable bonds is 7. The fraction of sp³-hybridized carbons (Fsp3) is 0.800. The van der Waals surface area contributed by atoms with Gasteiger partial charge in [0.2, 0.25) is 0 Å². The van der Waals surface area contributed by atoms with E-state index in [9.17, 15) is 27.2 Å². The third kappa shape index (κ3) is 4.70. The highest BCUT2D eigenvalue weighted by atomic mass is 19.3. The number of ether oxygens (including phenoxy) is 2. The van der Waals surface area contributed by atoms with E-state index in [4.69, 9.17) is 10.2 Å². The van der Waals surface area contributed by atoms with Crippen molar-refractivity contribution < 1.29 is 46.8 Å². The van der Waals surface area contributed by atoms with Crippen LogP contribution in [-0.4, -0.2) is 66.2 Å². The highest BCUT2D eigenvalue weighted by Crippen LogP contribution is 2.37. The number of nitrogens with zero attached hydrogens (tertiary/aromatic N) is 1. The fourth-order valence-corrected chi connectivity index (χ4v) is 2.21. The van der Waals surface area contributed by atoms with Gasteiger partial charge in [-0.3, -0.25) is 4.90 Å². The lowest BCUT2D eigenvalue weighted by molar-refractivity contribution is -0.186. The molecule has 1 amide bonds. The van der Waals surface area contributed by atoms with E-state index < -0.39 is 62.9 Å². The molecule has 21 heavy (non-hydrogen) atoms. The minimum Gasteiger partial charge on any atom is -0.480 e. The number of likely N-dealkylation sites (tertiary alicyclic amines) is 1. The van der Waals surface area contributed by atoms with Crippen molar-refractivity contribution in [1.82, 2.24) is 4.90 Å². The summed E-state index contributed by atoms with van der Waals surface area (Å²) in [7, 11) is 0. The van der Waals surface area contributed by atoms with Gasteiger partial charge in [0.1, 0.15) is 6.04 Å². The second kappa shape index (κ2) is 6.89. The van der Waals surface area contributed by atoms with Crippen LogP contribution in [0.3, 0.4) is 0 Å². The molecule has 1 saturated heterocycles. The number of alkyl halides is 4. The zero-order valence-electron chi connectivity index (χ0n) is 10.5. The number of carboxylic acid groups (broad SMARTS) is 2. The lowest BCUT2D eigenvalue weighted by Crippen LogP contribution is -2.40. The summed E-state index contributed by atoms with van der Waals surface area (Å²) in [4.78, 5) is 22.4. The smallest absolute Gasteiger partial charge is 0.408 e. The highest BCUT2D eigenvalue weighted by Gasteiger charge is 2.50. The van der Waals surface area contributed by atoms with Crippen molar-refractivity contribution in [3.05, 3.63) is 0 Å². The molecule has 122 valence electrons. The van der Waals surface area contributed by atoms with E-state index in [0.29, 0.717) is 4.90 Å². The fourth-order valence-electron chi connectivity index (χ4n) is 2.21. The van der Waals surface area contributed by atoms with Gasteiger partial charge in [0.15, 0.2) is 0 Å². The van der Waals surface area contributed by atoms with Crippen molar-refractivity contribution >= 4 is 12.1 Å². The van der Waals surface area contributed by atoms with Crippen LogP contribution < -0.4 is 0 Å². The summed E-state index contributed by atoms with van der Waals surface area (Å²) < 4.78 is 56.5. The number of carboxylic acids is 1. The van der Waals surface area contributed by atoms with Crippen LogP contribution in [0.15, 0.2) is 0 Å². The molecule has 1 unspecified atom stereocenters. The summed E-state index contributed by atoms with van der Waals surface area (Å²) in [6.07, 6.45) is -2.06. The number of halogens is 4. The summed E-state index contributed by atoms with van der Waals surface area (Å²) in [6, 6.07) is -1.54. The third-order valence-corrected chi connectivity index (χ3v) is 3.07. The molecule has 0 bridgehead atoms. The predicted molar refractivity (Wildman–Crippen MR) is 57.1 cm³/mol. The van der Waals surface area contributed by atoms with Crippen molar-refractivity contribution in [3.8, 4) is 0 Å². The lowest BCUT2D eigenvalue weighted by Gasteiger charge is -2.27. The Kier molecular flexibility index (Phi) is 5.72. The van der Waals surface area contributed by atoms with Crippen LogP contribution in [-0.2, 0) is 14.3 Å². The maximum Gasteiger partial charge on any atom is 0.408 e. The monoisotopic (exact) mass is 319 g/mol. The highest BCUT2D eigenvalue weighted by molar-refractivity contribution is 5.80. The molecule has 1 heterocycles. The Bertz CT molecular complexity index is 358. The molecule has 1 atom stereocenters. The average Bonchev–Trinajstić information content (AvgIpc) is 2.75. The molecule has 0 aliphatic carbocycles. The number of aliphatic carboxylic acids is 1. The number of amides is 1. The van der Waals surface area contributed by atoms with E-state index in [0.717, 1.165) is 0 Å². The van der Waals surface area contributed by atoms with Gasteiger partial charge in [0, 0.05) is 12.0 Å². The topological polar surface area (TPSA) is 96.3 Å². The molecule has 0 aromatic heterocycles. The zero-order valence-corrected chi connectivity index (χ0v) is 10.5. The van der Waals surface area contributed by atoms with Gasteiger partial charge in [-0.2, -0.15) is 17.6 Å². The van der Waals surface area contributed by atoms with Crippen LogP contribution in [0.2, 0.25) is 0 Å². The molecule has 0 aromatic rings. The molecule has 11 heteroatoms. The van der Waals surface area contributed by atoms with E-state index in [1.54, 1.807) is 0 Å². The number of hydrogen-bond donors (Lipinski definition) is 2. The second-order valence-corrected chi connectivity index (χ2v) is 4.61. The van der Waals surface area contributed by atoms with Gasteiger partial charge in [-0.25, -0.2) is 9.59 Å². The van der Waals surface area contributed by atoms with Gasteiger partial charge in [-0.05, 0) is 6.42 Å². The number of carbonyl (C=O) groups is 2. The maximum atomic E-state index is 12.1. The molecule has 1 fully saturated rings. The molecule has 7 nitrogen and oxygen atoms in total. The Balaban J connectivity index is 2.90. The molecule has 0 radical (unpaired) electrons. The van der Waals surface area contributed by atoms with Gasteiger partial charge in [-0.15, -0.1) is 0 Å². The minimum absolute atomic E-state index is 0.464. The van der Waals surface area contributed by atoms with Gasteiger partial charge in [-0.1, -0.05) is 0 Å². The van der Waals surface area contributed by atoms with E-state index in [2.05, 4.69) is 9.47 Å². The normalized spacial score (nSPS) is 21.2. The minimum atomic E-state index is -3.20. The Morgan fingerprint density at radius 3 is 1.90 bits per heavy atom. The van der Waals surface area contributed by atoms with Crippen LogP contribution in [0.1, 0.15) is 6.42 Å². The zero-order chi connectivity index (χ0) is 16.2. The first-order valence-corrected chi connectivity index (χ1v) is 5.69. The lowest BCUT2D eigenvalue weighted by atomic mass is 9.87. The van der Waals surface area contributed by atoms with Crippen LogP contribution in [0, 0.1) is 5.41 Å². The van der Waals surface area contributed by atoms with E-state index >= 15 is 0 Å². The van der Waals surface area contributed by atoms with Crippen molar-refractivity contribution in [2.45, 2.75) is 25.7 Å². The predicted octanol–water partition coefficient (Wildman–Crippen LogP) is 1.29.